The van der Waals surface area contributed by atoms with Gasteiger partial charge in [-0.15, -0.1) is 53.6 Å². The molecule has 0 N–H and O–H groups in total. The Morgan fingerprint density at radius 1 is 0.905 bits per heavy atom. The number of halogens is 1. The number of rotatable bonds is 4. The quantitative estimate of drug-likeness (QED) is 0.132. The van der Waals surface area contributed by atoms with E-state index in [2.05, 4.69) is 78.1 Å². The third-order valence-electron chi connectivity index (χ3n) is 6.55. The zero-order valence-corrected chi connectivity index (χ0v) is 28.9. The molecular formula is C36H35FIrN2SSi-2. The SMILES string of the molecule is C[Si](C)(C)c1ccc(-c2[c-]cc(F)cc2)nc1.[2H]C([2H])(c1ccnc(-c2[c-]ccc3c2sc2ccccc23)c1)C(C)(C)C.[Ir]. The molecule has 0 aliphatic rings. The van der Waals surface area contributed by atoms with Crippen LogP contribution in [0.15, 0.2) is 91.3 Å². The van der Waals surface area contributed by atoms with Crippen LogP contribution in [0.3, 0.4) is 0 Å². The predicted molar refractivity (Wildman–Crippen MR) is 176 cm³/mol. The molecule has 0 amide bonds. The van der Waals surface area contributed by atoms with Crippen LogP contribution in [0.2, 0.25) is 19.6 Å². The van der Waals surface area contributed by atoms with Crippen LogP contribution in [0.5, 0.6) is 0 Å². The van der Waals surface area contributed by atoms with Crippen molar-refractivity contribution in [3.63, 3.8) is 0 Å². The predicted octanol–water partition coefficient (Wildman–Crippen LogP) is 9.74. The van der Waals surface area contributed by atoms with E-state index in [4.69, 9.17) is 2.74 Å². The molecule has 6 aromatic rings. The topological polar surface area (TPSA) is 25.8 Å². The fourth-order valence-corrected chi connectivity index (χ4v) is 6.76. The van der Waals surface area contributed by atoms with Crippen molar-refractivity contribution in [2.24, 2.45) is 5.41 Å². The number of hydrogen-bond acceptors (Lipinski definition) is 3. The Balaban J connectivity index is 0.000000214. The first-order valence-electron chi connectivity index (χ1n) is 14.7. The van der Waals surface area contributed by atoms with Crippen LogP contribution in [0.25, 0.3) is 42.7 Å². The summed E-state index contributed by atoms with van der Waals surface area (Å²) in [6.07, 6.45) is 2.19. The maximum Gasteiger partial charge on any atom is 0.0795 e. The van der Waals surface area contributed by atoms with Crippen LogP contribution in [0.1, 0.15) is 29.1 Å². The van der Waals surface area contributed by atoms with E-state index in [1.54, 1.807) is 29.7 Å². The van der Waals surface area contributed by atoms with E-state index in [-0.39, 0.29) is 25.9 Å². The molecule has 3 aromatic carbocycles. The zero-order valence-electron chi connectivity index (χ0n) is 26.7. The van der Waals surface area contributed by atoms with Gasteiger partial charge in [-0.05, 0) is 50.6 Å². The fraction of sp³-hybridized carbons (Fsp3) is 0.222. The van der Waals surface area contributed by atoms with Gasteiger partial charge < -0.3 is 9.97 Å². The molecule has 0 fully saturated rings. The Kier molecular flexibility index (Phi) is 9.06. The summed E-state index contributed by atoms with van der Waals surface area (Å²) in [7, 11) is -1.30. The molecule has 0 saturated carbocycles. The van der Waals surface area contributed by atoms with Crippen molar-refractivity contribution in [2.45, 2.75) is 46.8 Å². The van der Waals surface area contributed by atoms with Gasteiger partial charge in [-0.2, -0.15) is 11.3 Å². The van der Waals surface area contributed by atoms with E-state index >= 15 is 0 Å². The van der Waals surface area contributed by atoms with Crippen molar-refractivity contribution in [3.05, 3.63) is 115 Å². The van der Waals surface area contributed by atoms with Crippen molar-refractivity contribution in [1.82, 2.24) is 9.97 Å². The van der Waals surface area contributed by atoms with Crippen LogP contribution in [-0.2, 0) is 26.5 Å². The maximum atomic E-state index is 12.8. The van der Waals surface area contributed by atoms with Gasteiger partial charge in [0.25, 0.3) is 0 Å². The van der Waals surface area contributed by atoms with Crippen LogP contribution < -0.4 is 5.19 Å². The number of pyridine rings is 2. The molecule has 0 bridgehead atoms. The number of fused-ring (bicyclic) bond motifs is 3. The molecule has 0 saturated heterocycles. The van der Waals surface area contributed by atoms with E-state index in [0.29, 0.717) is 5.56 Å². The minimum Gasteiger partial charge on any atom is -0.305 e. The van der Waals surface area contributed by atoms with E-state index in [0.717, 1.165) is 27.2 Å². The number of thiophene rings is 1. The smallest absolute Gasteiger partial charge is 0.0795 e. The molecule has 3 heterocycles. The Labute approximate surface area is 270 Å². The number of aromatic nitrogens is 2. The molecule has 6 rings (SSSR count). The van der Waals surface area contributed by atoms with E-state index in [1.165, 1.54) is 32.8 Å². The number of nitrogens with zero attached hydrogens (tertiary/aromatic N) is 2. The van der Waals surface area contributed by atoms with Crippen LogP contribution >= 0.6 is 11.3 Å². The van der Waals surface area contributed by atoms with Crippen molar-refractivity contribution < 1.29 is 27.2 Å². The zero-order chi connectivity index (χ0) is 31.0. The summed E-state index contributed by atoms with van der Waals surface area (Å²) in [4.78, 5) is 8.96. The second kappa shape index (κ2) is 13.1. The van der Waals surface area contributed by atoms with Crippen LogP contribution in [0.4, 0.5) is 4.39 Å². The molecule has 0 unspecified atom stereocenters. The fourth-order valence-electron chi connectivity index (χ4n) is 4.52. The molecule has 0 spiro atoms. The number of benzene rings is 3. The minimum absolute atomic E-state index is 0. The summed E-state index contributed by atoms with van der Waals surface area (Å²) in [5.41, 5.74) is 3.53. The molecule has 217 valence electrons. The maximum absolute atomic E-state index is 12.8. The Bertz CT molecular complexity index is 1880. The second-order valence-corrected chi connectivity index (χ2v) is 18.2. The molecule has 2 nitrogen and oxygen atoms in total. The summed E-state index contributed by atoms with van der Waals surface area (Å²) in [5, 5.41) is 3.76. The minimum atomic E-state index is -1.45. The summed E-state index contributed by atoms with van der Waals surface area (Å²) in [5.74, 6) is -0.271. The third-order valence-corrected chi connectivity index (χ3v) is 9.79. The van der Waals surface area contributed by atoms with Gasteiger partial charge in [0.05, 0.1) is 8.07 Å². The number of hydrogen-bond donors (Lipinski definition) is 0. The molecule has 0 aliphatic heterocycles. The van der Waals surface area contributed by atoms with E-state index in [9.17, 15) is 4.39 Å². The van der Waals surface area contributed by atoms with Crippen molar-refractivity contribution >= 4 is 44.8 Å². The second-order valence-electron chi connectivity index (χ2n) is 12.1. The first-order valence-corrected chi connectivity index (χ1v) is 18.0. The van der Waals surface area contributed by atoms with Gasteiger partial charge in [0.15, 0.2) is 0 Å². The van der Waals surface area contributed by atoms with Crippen molar-refractivity contribution in [2.75, 3.05) is 0 Å². The van der Waals surface area contributed by atoms with Gasteiger partial charge in [0.2, 0.25) is 0 Å². The first kappa shape index (κ1) is 29.1. The normalized spacial score (nSPS) is 12.6. The average molecular weight is 769 g/mol. The first-order chi connectivity index (χ1) is 20.3. The van der Waals surface area contributed by atoms with Crippen LogP contribution in [0, 0.1) is 23.4 Å². The van der Waals surface area contributed by atoms with Gasteiger partial charge >= 0.3 is 0 Å². The Hall–Kier alpha value is -3.02. The Morgan fingerprint density at radius 3 is 2.36 bits per heavy atom. The van der Waals surface area contributed by atoms with Gasteiger partial charge in [0, 0.05) is 45.8 Å². The van der Waals surface area contributed by atoms with E-state index < -0.39 is 19.9 Å². The largest absolute Gasteiger partial charge is 0.305 e. The molecule has 1 radical (unpaired) electrons. The van der Waals surface area contributed by atoms with Gasteiger partial charge in [-0.3, -0.25) is 4.39 Å². The van der Waals surface area contributed by atoms with Crippen molar-refractivity contribution in [1.29, 1.82) is 0 Å². The molecular weight excluding hydrogens is 732 g/mol. The summed E-state index contributed by atoms with van der Waals surface area (Å²) in [6.45, 7) is 12.6. The molecule has 42 heavy (non-hydrogen) atoms. The van der Waals surface area contributed by atoms with Gasteiger partial charge in [0.1, 0.15) is 0 Å². The van der Waals surface area contributed by atoms with Gasteiger partial charge in [-0.25, -0.2) is 0 Å². The monoisotopic (exact) mass is 769 g/mol. The molecule has 3 aromatic heterocycles. The molecule has 0 aliphatic carbocycles. The molecule has 6 heteroatoms. The van der Waals surface area contributed by atoms with E-state index in [1.807, 2.05) is 45.2 Å². The molecule has 0 atom stereocenters. The Morgan fingerprint density at radius 2 is 1.69 bits per heavy atom. The summed E-state index contributed by atoms with van der Waals surface area (Å²) < 4.78 is 32.3. The van der Waals surface area contributed by atoms with Crippen LogP contribution in [-0.4, -0.2) is 18.0 Å². The standard InChI is InChI=1S/C22H20NS.C14H15FNSi.Ir/c1-22(2,3)14-15-11-12-23-19(13-15)18-9-6-8-17-16-7-4-5-10-20(16)24-21(17)18;1-17(2,3)13-8-9-14(16-10-13)11-4-6-12(15)7-5-11;/h4-8,10-13H,14H2,1-3H3;4,6-10H,1-3H3;/q2*-1;/i14D2;;. The average Bonchev–Trinajstić information content (AvgIpc) is 3.36. The summed E-state index contributed by atoms with van der Waals surface area (Å²) >= 11 is 1.74. The van der Waals surface area contributed by atoms with Crippen molar-refractivity contribution in [3.8, 4) is 22.5 Å². The van der Waals surface area contributed by atoms with Gasteiger partial charge in [-0.1, -0.05) is 87.8 Å². The summed E-state index contributed by atoms with van der Waals surface area (Å²) in [6, 6.07) is 30.8. The third kappa shape index (κ3) is 7.67.